The fourth-order valence-corrected chi connectivity index (χ4v) is 2.94. The molecule has 1 aromatic heterocycles. The molecule has 0 fully saturated rings. The van der Waals surface area contributed by atoms with E-state index in [2.05, 4.69) is 20.6 Å². The maximum atomic E-state index is 14.2. The molecule has 2 amide bonds. The van der Waals surface area contributed by atoms with Gasteiger partial charge in [-0.2, -0.15) is 4.98 Å². The molecular weight excluding hydrogens is 439 g/mol. The molecule has 11 heteroatoms. The molecule has 0 bridgehead atoms. The van der Waals surface area contributed by atoms with Gasteiger partial charge in [0.05, 0.1) is 19.4 Å². The number of nitrogens with zero attached hydrogens (tertiary/aromatic N) is 3. The van der Waals surface area contributed by atoms with Gasteiger partial charge in [-0.1, -0.05) is 0 Å². The number of carbonyl (C=O) groups excluding carboxylic acids is 1. The summed E-state index contributed by atoms with van der Waals surface area (Å²) >= 11 is 0. The van der Waals surface area contributed by atoms with Crippen molar-refractivity contribution in [2.75, 3.05) is 36.4 Å². The first-order chi connectivity index (χ1) is 15.8. The van der Waals surface area contributed by atoms with Gasteiger partial charge in [0, 0.05) is 25.4 Å². The molecule has 0 saturated carbocycles. The lowest BCUT2D eigenvalue weighted by Crippen LogP contribution is -2.32. The first-order valence-corrected chi connectivity index (χ1v) is 9.81. The van der Waals surface area contributed by atoms with Crippen LogP contribution in [0.4, 0.5) is 41.1 Å². The van der Waals surface area contributed by atoms with Crippen molar-refractivity contribution in [1.82, 2.24) is 9.97 Å². The fraction of sp³-hybridized carbons (Fsp3) is 0.227. The average molecular weight is 461 g/mol. The first-order valence-electron chi connectivity index (χ1n) is 9.81. The predicted molar refractivity (Wildman–Crippen MR) is 117 cm³/mol. The van der Waals surface area contributed by atoms with Crippen molar-refractivity contribution < 1.29 is 27.4 Å². The fourth-order valence-electron chi connectivity index (χ4n) is 2.94. The number of anilines is 4. The predicted octanol–water partition coefficient (Wildman–Crippen LogP) is 4.72. The number of aromatic nitrogens is 2. The minimum atomic E-state index is -1.52. The Morgan fingerprint density at radius 2 is 1.76 bits per heavy atom. The number of nitrogens with one attached hydrogen (secondary N) is 2. The Balaban J connectivity index is 2.00. The molecule has 1 atom stereocenters. The van der Waals surface area contributed by atoms with E-state index in [-0.39, 0.29) is 17.8 Å². The minimum Gasteiger partial charge on any atom is -0.497 e. The molecule has 3 aromatic rings. The number of urea groups is 1. The molecule has 0 spiro atoms. The van der Waals surface area contributed by atoms with Crippen LogP contribution in [-0.2, 0) is 4.74 Å². The molecule has 0 saturated heterocycles. The Labute approximate surface area is 188 Å². The number of amides is 2. The highest BCUT2D eigenvalue weighted by molar-refractivity contribution is 6.06. The number of halogens is 3. The molecule has 0 radical (unpaired) electrons. The van der Waals surface area contributed by atoms with E-state index in [1.807, 2.05) is 6.92 Å². The van der Waals surface area contributed by atoms with Crippen LogP contribution >= 0.6 is 0 Å². The molecule has 8 nitrogen and oxygen atoms in total. The minimum absolute atomic E-state index is 0.0944. The lowest BCUT2D eigenvalue weighted by Gasteiger charge is -2.23. The SMILES string of the molecule is COCC(C)Nc1nccc(N(C(=O)Nc2c(F)ccc(F)c2F)c2ccc(OC)cc2)n1. The zero-order valence-electron chi connectivity index (χ0n) is 18.1. The summed E-state index contributed by atoms with van der Waals surface area (Å²) in [6.45, 7) is 2.23. The third kappa shape index (κ3) is 5.69. The summed E-state index contributed by atoms with van der Waals surface area (Å²) in [4.78, 5) is 22.7. The van der Waals surface area contributed by atoms with Crippen LogP contribution in [0, 0.1) is 17.5 Å². The van der Waals surface area contributed by atoms with Crippen LogP contribution in [0.15, 0.2) is 48.7 Å². The van der Waals surface area contributed by atoms with Crippen molar-refractivity contribution in [3.8, 4) is 5.75 Å². The zero-order chi connectivity index (χ0) is 24.0. The molecule has 2 N–H and O–H groups in total. The summed E-state index contributed by atoms with van der Waals surface area (Å²) in [7, 11) is 3.04. The monoisotopic (exact) mass is 461 g/mol. The van der Waals surface area contributed by atoms with Crippen molar-refractivity contribution in [3.63, 3.8) is 0 Å². The van der Waals surface area contributed by atoms with Crippen LogP contribution in [0.1, 0.15) is 6.92 Å². The Morgan fingerprint density at radius 3 is 2.42 bits per heavy atom. The molecule has 2 aromatic carbocycles. The van der Waals surface area contributed by atoms with E-state index in [9.17, 15) is 18.0 Å². The van der Waals surface area contributed by atoms with Crippen molar-refractivity contribution in [3.05, 3.63) is 66.1 Å². The molecule has 1 heterocycles. The number of hydrogen-bond donors (Lipinski definition) is 2. The third-order valence-electron chi connectivity index (χ3n) is 4.47. The maximum Gasteiger partial charge on any atom is 0.332 e. The molecule has 3 rings (SSSR count). The summed E-state index contributed by atoms with van der Waals surface area (Å²) < 4.78 is 52.1. The smallest absolute Gasteiger partial charge is 0.332 e. The van der Waals surface area contributed by atoms with Gasteiger partial charge in [0.2, 0.25) is 5.95 Å². The van der Waals surface area contributed by atoms with Gasteiger partial charge in [-0.15, -0.1) is 0 Å². The number of benzene rings is 2. The highest BCUT2D eigenvalue weighted by atomic mass is 19.2. The Morgan fingerprint density at radius 1 is 1.06 bits per heavy atom. The Bertz CT molecular complexity index is 1110. The summed E-state index contributed by atoms with van der Waals surface area (Å²) in [6.07, 6.45) is 1.41. The van der Waals surface area contributed by atoms with E-state index in [1.54, 1.807) is 31.4 Å². The number of hydrogen-bond acceptors (Lipinski definition) is 6. The van der Waals surface area contributed by atoms with E-state index in [0.717, 1.165) is 11.0 Å². The van der Waals surface area contributed by atoms with Gasteiger partial charge >= 0.3 is 6.03 Å². The second kappa shape index (κ2) is 10.6. The van der Waals surface area contributed by atoms with Gasteiger partial charge in [0.1, 0.15) is 23.1 Å². The Hall–Kier alpha value is -3.86. The number of methoxy groups -OCH3 is 2. The van der Waals surface area contributed by atoms with E-state index < -0.39 is 29.2 Å². The second-order valence-corrected chi connectivity index (χ2v) is 6.92. The van der Waals surface area contributed by atoms with Crippen LogP contribution < -0.4 is 20.3 Å². The van der Waals surface area contributed by atoms with E-state index in [4.69, 9.17) is 9.47 Å². The van der Waals surface area contributed by atoms with Gasteiger partial charge in [-0.05, 0) is 43.3 Å². The molecule has 0 aliphatic heterocycles. The Kier molecular flexibility index (Phi) is 7.67. The standard InChI is InChI=1S/C22H22F3N5O3/c1-13(12-32-2)27-21-26-11-10-18(28-21)30(14-4-6-15(33-3)7-5-14)22(31)29-20-17(24)9-8-16(23)19(20)25/h4-11,13H,12H2,1-3H3,(H,29,31)(H,26,27,28). The molecule has 1 unspecified atom stereocenters. The second-order valence-electron chi connectivity index (χ2n) is 6.92. The summed E-state index contributed by atoms with van der Waals surface area (Å²) in [5.74, 6) is -3.13. The highest BCUT2D eigenvalue weighted by Crippen LogP contribution is 2.29. The molecule has 33 heavy (non-hydrogen) atoms. The first kappa shape index (κ1) is 23.8. The van der Waals surface area contributed by atoms with E-state index in [1.165, 1.54) is 19.4 Å². The molecule has 0 aliphatic rings. The van der Waals surface area contributed by atoms with Crippen LogP contribution in [0.3, 0.4) is 0 Å². The van der Waals surface area contributed by atoms with E-state index in [0.29, 0.717) is 24.1 Å². The van der Waals surface area contributed by atoms with Crippen LogP contribution in [0.2, 0.25) is 0 Å². The van der Waals surface area contributed by atoms with Crippen LogP contribution in [0.5, 0.6) is 5.75 Å². The van der Waals surface area contributed by atoms with Gasteiger partial charge < -0.3 is 20.1 Å². The quantitative estimate of drug-likeness (QED) is 0.472. The van der Waals surface area contributed by atoms with Crippen molar-refractivity contribution in [1.29, 1.82) is 0 Å². The van der Waals surface area contributed by atoms with Gasteiger partial charge in [-0.3, -0.25) is 0 Å². The van der Waals surface area contributed by atoms with Crippen molar-refractivity contribution in [2.24, 2.45) is 0 Å². The third-order valence-corrected chi connectivity index (χ3v) is 4.47. The lowest BCUT2D eigenvalue weighted by molar-refractivity contribution is 0.190. The normalized spacial score (nSPS) is 11.6. The number of carbonyl (C=O) groups is 1. The van der Waals surface area contributed by atoms with E-state index >= 15 is 0 Å². The van der Waals surface area contributed by atoms with Gasteiger partial charge in [0.25, 0.3) is 0 Å². The largest absolute Gasteiger partial charge is 0.497 e. The topological polar surface area (TPSA) is 88.6 Å². The molecule has 174 valence electrons. The molecule has 0 aliphatic carbocycles. The number of ether oxygens (including phenoxy) is 2. The average Bonchev–Trinajstić information content (AvgIpc) is 2.80. The van der Waals surface area contributed by atoms with Gasteiger partial charge in [-0.25, -0.2) is 27.8 Å². The summed E-state index contributed by atoms with van der Waals surface area (Å²) in [5.41, 5.74) is -0.611. The zero-order valence-corrected chi connectivity index (χ0v) is 18.1. The van der Waals surface area contributed by atoms with Crippen LogP contribution in [0.25, 0.3) is 0 Å². The molecular formula is C22H22F3N5O3. The lowest BCUT2D eigenvalue weighted by atomic mass is 10.2. The summed E-state index contributed by atoms with van der Waals surface area (Å²) in [5, 5.41) is 5.12. The number of rotatable bonds is 8. The summed E-state index contributed by atoms with van der Waals surface area (Å²) in [6, 6.07) is 7.98. The highest BCUT2D eigenvalue weighted by Gasteiger charge is 2.24. The van der Waals surface area contributed by atoms with Crippen molar-refractivity contribution in [2.45, 2.75) is 13.0 Å². The van der Waals surface area contributed by atoms with Crippen LogP contribution in [-0.4, -0.2) is 42.9 Å². The van der Waals surface area contributed by atoms with Gasteiger partial charge in [0.15, 0.2) is 11.6 Å². The van der Waals surface area contributed by atoms with Crippen molar-refractivity contribution >= 4 is 29.2 Å². The maximum absolute atomic E-state index is 14.2.